The largest absolute Gasteiger partial charge is 0.481 e. The van der Waals surface area contributed by atoms with E-state index in [1.807, 2.05) is 6.07 Å². The molecule has 8 N–H and O–H groups in total. The van der Waals surface area contributed by atoms with E-state index in [4.69, 9.17) is 45.7 Å². The fraction of sp³-hybridized carbons (Fsp3) is 0.278. The molecule has 0 aliphatic heterocycles. The molecule has 0 bridgehead atoms. The van der Waals surface area contributed by atoms with Gasteiger partial charge in [0.1, 0.15) is 4.90 Å². The molecule has 0 unspecified atom stereocenters. The molecule has 0 aliphatic carbocycles. The molecule has 0 aliphatic rings. The van der Waals surface area contributed by atoms with E-state index in [0.717, 1.165) is 26.2 Å². The van der Waals surface area contributed by atoms with Crippen LogP contribution in [0.5, 0.6) is 0 Å². The van der Waals surface area contributed by atoms with E-state index in [2.05, 4.69) is 0 Å². The molecule has 0 spiro atoms. The van der Waals surface area contributed by atoms with E-state index in [1.54, 1.807) is 30.3 Å². The van der Waals surface area contributed by atoms with E-state index < -0.39 is 28.0 Å². The standard InChI is InChI=1S/C10H8O3S.C2H8N2.3C2H4O2/c11-14(12,13)10-7-3-5-8-4-1-2-6-9(8)10;3-1-2-4;3*1-2(3)4/h1-7H,(H,11,12,13);1-4H2;3*1H3,(H,3,4). The summed E-state index contributed by atoms with van der Waals surface area (Å²) in [7, 11) is -4.13. The van der Waals surface area contributed by atoms with Gasteiger partial charge in [-0.15, -0.1) is 0 Å². The minimum absolute atomic E-state index is 0.0457. The fourth-order valence-electron chi connectivity index (χ4n) is 1.42. The van der Waals surface area contributed by atoms with Gasteiger partial charge in [0, 0.05) is 39.2 Å². The molecule has 0 amide bonds. The van der Waals surface area contributed by atoms with Gasteiger partial charge in [0.15, 0.2) is 0 Å². The van der Waals surface area contributed by atoms with Crippen molar-refractivity contribution in [3.63, 3.8) is 0 Å². The van der Waals surface area contributed by atoms with Gasteiger partial charge >= 0.3 is 0 Å². The second kappa shape index (κ2) is 18.0. The maximum Gasteiger partial charge on any atom is 0.300 e. The molecule has 0 aromatic heterocycles. The number of rotatable bonds is 2. The predicted molar refractivity (Wildman–Crippen MR) is 112 cm³/mol. The molecule has 0 heterocycles. The van der Waals surface area contributed by atoms with Crippen LogP contribution in [0.3, 0.4) is 0 Å². The lowest BCUT2D eigenvalue weighted by Gasteiger charge is -2.02. The Balaban J connectivity index is -0.000000378. The normalized spacial score (nSPS) is 9.00. The van der Waals surface area contributed by atoms with Gasteiger partial charge in [0.2, 0.25) is 0 Å². The van der Waals surface area contributed by atoms with E-state index >= 15 is 0 Å². The molecule has 0 saturated carbocycles. The minimum Gasteiger partial charge on any atom is -0.481 e. The highest BCUT2D eigenvalue weighted by molar-refractivity contribution is 7.86. The van der Waals surface area contributed by atoms with E-state index in [1.165, 1.54) is 6.07 Å². The van der Waals surface area contributed by atoms with Crippen molar-refractivity contribution in [2.24, 2.45) is 11.5 Å². The third kappa shape index (κ3) is 23.0. The number of fused-ring (bicyclic) bond motifs is 1. The zero-order chi connectivity index (χ0) is 24.3. The molecule has 2 aromatic carbocycles. The number of hydrogen-bond acceptors (Lipinski definition) is 7. The lowest BCUT2D eigenvalue weighted by atomic mass is 10.1. The van der Waals surface area contributed by atoms with Crippen LogP contribution in [0.25, 0.3) is 10.8 Å². The summed E-state index contributed by atoms with van der Waals surface area (Å²) in [6, 6.07) is 11.8. The van der Waals surface area contributed by atoms with Crippen molar-refractivity contribution in [3.8, 4) is 0 Å². The Kier molecular flexibility index (Phi) is 19.0. The summed E-state index contributed by atoms with van der Waals surface area (Å²) >= 11 is 0. The lowest BCUT2D eigenvalue weighted by Crippen LogP contribution is -2.11. The molecule has 0 saturated heterocycles. The molecule has 0 atom stereocenters. The van der Waals surface area contributed by atoms with E-state index in [-0.39, 0.29) is 4.90 Å². The van der Waals surface area contributed by atoms with E-state index in [0.29, 0.717) is 18.5 Å². The van der Waals surface area contributed by atoms with Gasteiger partial charge in [0.25, 0.3) is 28.0 Å². The minimum atomic E-state index is -4.13. The Bertz CT molecular complexity index is 836. The average molecular weight is 448 g/mol. The third-order valence-corrected chi connectivity index (χ3v) is 3.11. The van der Waals surface area contributed by atoms with Gasteiger partial charge in [0.05, 0.1) is 0 Å². The van der Waals surface area contributed by atoms with Crippen molar-refractivity contribution in [1.82, 2.24) is 0 Å². The smallest absolute Gasteiger partial charge is 0.300 e. The van der Waals surface area contributed by atoms with Crippen molar-refractivity contribution in [1.29, 1.82) is 0 Å². The second-order valence-corrected chi connectivity index (χ2v) is 6.48. The molecule has 2 rings (SSSR count). The molecule has 30 heavy (non-hydrogen) atoms. The summed E-state index contributed by atoms with van der Waals surface area (Å²) < 4.78 is 31.0. The van der Waals surface area contributed by atoms with Crippen molar-refractivity contribution in [2.75, 3.05) is 13.1 Å². The van der Waals surface area contributed by atoms with Crippen LogP contribution in [0, 0.1) is 0 Å². The van der Waals surface area contributed by atoms with Gasteiger partial charge in [-0.05, 0) is 11.5 Å². The van der Waals surface area contributed by atoms with Gasteiger partial charge in [-0.25, -0.2) is 0 Å². The summed E-state index contributed by atoms with van der Waals surface area (Å²) in [5, 5.41) is 23.6. The van der Waals surface area contributed by atoms with Gasteiger partial charge in [-0.3, -0.25) is 18.9 Å². The molecular weight excluding hydrogens is 420 g/mol. The first-order chi connectivity index (χ1) is 13.7. The number of carboxylic acids is 3. The molecule has 11 nitrogen and oxygen atoms in total. The average Bonchev–Trinajstić information content (AvgIpc) is 2.59. The SMILES string of the molecule is CC(=O)O.CC(=O)O.CC(=O)O.NCCN.O=S(=O)(O)c1cccc2ccccc12. The number of nitrogens with two attached hydrogens (primary N) is 2. The van der Waals surface area contributed by atoms with Crippen LogP contribution in [0.1, 0.15) is 20.8 Å². The van der Waals surface area contributed by atoms with Crippen LogP contribution in [-0.4, -0.2) is 59.3 Å². The predicted octanol–water partition coefficient (Wildman–Crippen LogP) is 1.26. The van der Waals surface area contributed by atoms with Crippen LogP contribution in [0.15, 0.2) is 47.4 Å². The van der Waals surface area contributed by atoms with Gasteiger partial charge in [-0.1, -0.05) is 36.4 Å². The molecule has 170 valence electrons. The Morgan fingerprint density at radius 1 is 0.767 bits per heavy atom. The van der Waals surface area contributed by atoms with Gasteiger partial charge in [-0.2, -0.15) is 8.42 Å². The summed E-state index contributed by atoms with van der Waals surface area (Å²) in [4.78, 5) is 27.0. The van der Waals surface area contributed by atoms with Crippen molar-refractivity contribution in [2.45, 2.75) is 25.7 Å². The quantitative estimate of drug-likeness (QED) is 0.359. The second-order valence-electron chi connectivity index (χ2n) is 5.09. The fourth-order valence-corrected chi connectivity index (χ4v) is 2.13. The lowest BCUT2D eigenvalue weighted by molar-refractivity contribution is -0.135. The third-order valence-electron chi connectivity index (χ3n) is 2.19. The summed E-state index contributed by atoms with van der Waals surface area (Å²) in [5.74, 6) is -2.50. The van der Waals surface area contributed by atoms with Crippen molar-refractivity contribution >= 4 is 38.8 Å². The van der Waals surface area contributed by atoms with Crippen LogP contribution in [-0.2, 0) is 24.5 Å². The summed E-state index contributed by atoms with van der Waals surface area (Å²) in [6.07, 6.45) is 0. The first kappa shape index (κ1) is 31.6. The first-order valence-corrected chi connectivity index (χ1v) is 9.58. The Hall–Kier alpha value is -3.06. The summed E-state index contributed by atoms with van der Waals surface area (Å²) in [6.45, 7) is 4.44. The maximum atomic E-state index is 11.0. The number of hydrogen-bond donors (Lipinski definition) is 6. The molecule has 2 aromatic rings. The number of benzene rings is 2. The van der Waals surface area contributed by atoms with Crippen molar-refractivity contribution < 1.29 is 42.7 Å². The number of carbonyl (C=O) groups is 3. The topological polar surface area (TPSA) is 218 Å². The van der Waals surface area contributed by atoms with Gasteiger partial charge < -0.3 is 26.8 Å². The van der Waals surface area contributed by atoms with Crippen molar-refractivity contribution in [3.05, 3.63) is 42.5 Å². The Morgan fingerprint density at radius 3 is 1.43 bits per heavy atom. The zero-order valence-corrected chi connectivity index (χ0v) is 17.7. The number of carboxylic acid groups (broad SMARTS) is 3. The molecule has 0 radical (unpaired) electrons. The number of aliphatic carboxylic acids is 3. The highest BCUT2D eigenvalue weighted by Crippen LogP contribution is 2.21. The zero-order valence-electron chi connectivity index (χ0n) is 16.8. The Labute approximate surface area is 174 Å². The highest BCUT2D eigenvalue weighted by Gasteiger charge is 2.12. The van der Waals surface area contributed by atoms with E-state index in [9.17, 15) is 8.42 Å². The van der Waals surface area contributed by atoms with Crippen LogP contribution in [0.4, 0.5) is 0 Å². The van der Waals surface area contributed by atoms with Crippen LogP contribution in [0.2, 0.25) is 0 Å². The molecule has 0 fully saturated rings. The Morgan fingerprint density at radius 2 is 1.10 bits per heavy atom. The van der Waals surface area contributed by atoms with Crippen LogP contribution < -0.4 is 11.5 Å². The monoisotopic (exact) mass is 448 g/mol. The first-order valence-electron chi connectivity index (χ1n) is 8.14. The highest BCUT2D eigenvalue weighted by atomic mass is 32.2. The summed E-state index contributed by atoms with van der Waals surface area (Å²) in [5.41, 5.74) is 9.81. The maximum absolute atomic E-state index is 11.0. The molecular formula is C18H28N2O9S. The molecule has 12 heteroatoms. The van der Waals surface area contributed by atoms with Crippen LogP contribution >= 0.6 is 0 Å².